The number of aryl methyl sites for hydroxylation is 1. The minimum Gasteiger partial charge on any atom is -0.532 e. The van der Waals surface area contributed by atoms with Gasteiger partial charge in [-0.25, -0.2) is 4.79 Å². The lowest BCUT2D eigenvalue weighted by molar-refractivity contribution is -0.509. The van der Waals surface area contributed by atoms with E-state index in [1.54, 1.807) is 16.9 Å². The molecular formula is C35H36N4O5Si. The molecule has 1 atom stereocenters. The SMILES string of the molecule is COC(=O)C(C/C=C/c1cc(C)cc(-n2nc3ccccc3n2)c1O[Si](c1ccccc1)(c1ccccc1)C(C)(C)C)[N+](=O)[O-]. The molecule has 0 aliphatic heterocycles. The minimum absolute atomic E-state index is 0.147. The van der Waals surface area contributed by atoms with Crippen LogP contribution in [0.4, 0.5) is 0 Å². The molecule has 1 aromatic heterocycles. The summed E-state index contributed by atoms with van der Waals surface area (Å²) in [5.41, 5.74) is 3.71. The highest BCUT2D eigenvalue weighted by Gasteiger charge is 2.52. The maximum atomic E-state index is 12.1. The van der Waals surface area contributed by atoms with Crippen LogP contribution in [-0.2, 0) is 9.53 Å². The Balaban J connectivity index is 1.77. The number of nitro groups is 1. The lowest BCUT2D eigenvalue weighted by atomic mass is 10.1. The molecule has 1 heterocycles. The van der Waals surface area contributed by atoms with Crippen LogP contribution in [-0.4, -0.2) is 47.4 Å². The topological polar surface area (TPSA) is 109 Å². The Morgan fingerprint density at radius 3 is 1.96 bits per heavy atom. The Kier molecular flexibility index (Phi) is 8.96. The molecule has 0 saturated heterocycles. The van der Waals surface area contributed by atoms with Crippen molar-refractivity contribution in [3.05, 3.63) is 124 Å². The van der Waals surface area contributed by atoms with Crippen molar-refractivity contribution in [2.45, 2.75) is 45.2 Å². The van der Waals surface area contributed by atoms with E-state index in [1.165, 1.54) is 0 Å². The first-order valence-corrected chi connectivity index (χ1v) is 16.6. The lowest BCUT2D eigenvalue weighted by Crippen LogP contribution is -2.69. The summed E-state index contributed by atoms with van der Waals surface area (Å²) in [6.07, 6.45) is 3.24. The highest BCUT2D eigenvalue weighted by atomic mass is 28.4. The fourth-order valence-electron chi connectivity index (χ4n) is 5.66. The molecule has 0 radical (unpaired) electrons. The number of methoxy groups -OCH3 is 1. The van der Waals surface area contributed by atoms with E-state index in [9.17, 15) is 14.9 Å². The highest BCUT2D eigenvalue weighted by molar-refractivity contribution is 7.00. The molecule has 5 rings (SSSR count). The molecule has 0 saturated carbocycles. The van der Waals surface area contributed by atoms with E-state index in [0.717, 1.165) is 34.1 Å². The summed E-state index contributed by atoms with van der Waals surface area (Å²) in [7, 11) is -1.98. The third kappa shape index (κ3) is 6.27. The van der Waals surface area contributed by atoms with E-state index in [0.29, 0.717) is 17.0 Å². The maximum Gasteiger partial charge on any atom is 0.381 e. The van der Waals surface area contributed by atoms with E-state index in [2.05, 4.69) is 49.8 Å². The van der Waals surface area contributed by atoms with Crippen LogP contribution in [0.3, 0.4) is 0 Å². The molecule has 45 heavy (non-hydrogen) atoms. The first-order chi connectivity index (χ1) is 21.5. The average molecular weight is 621 g/mol. The third-order valence-corrected chi connectivity index (χ3v) is 12.7. The van der Waals surface area contributed by atoms with Crippen LogP contribution in [0.5, 0.6) is 5.75 Å². The summed E-state index contributed by atoms with van der Waals surface area (Å²) < 4.78 is 12.2. The number of rotatable bonds is 10. The lowest BCUT2D eigenvalue weighted by Gasteiger charge is -2.43. The second kappa shape index (κ2) is 12.9. The number of carbonyl (C=O) groups is 1. The largest absolute Gasteiger partial charge is 0.532 e. The summed E-state index contributed by atoms with van der Waals surface area (Å²) in [6, 6.07) is 30.6. The van der Waals surface area contributed by atoms with Crippen LogP contribution in [0.25, 0.3) is 22.8 Å². The average Bonchev–Trinajstić information content (AvgIpc) is 3.46. The zero-order chi connectivity index (χ0) is 32.2. The monoisotopic (exact) mass is 620 g/mol. The predicted octanol–water partition coefficient (Wildman–Crippen LogP) is 5.89. The number of esters is 1. The van der Waals surface area contributed by atoms with Gasteiger partial charge in [0.05, 0.1) is 7.11 Å². The molecule has 10 heteroatoms. The number of hydrogen-bond acceptors (Lipinski definition) is 7. The number of carbonyl (C=O) groups excluding carboxylic acids is 1. The van der Waals surface area contributed by atoms with Crippen LogP contribution >= 0.6 is 0 Å². The summed E-state index contributed by atoms with van der Waals surface area (Å²) in [5.74, 6) is -0.354. The van der Waals surface area contributed by atoms with Gasteiger partial charge in [0.1, 0.15) is 22.5 Å². The number of fused-ring (bicyclic) bond motifs is 1. The number of hydrogen-bond donors (Lipinski definition) is 0. The second-order valence-corrected chi connectivity index (χ2v) is 16.1. The standard InChI is InChI=1S/C35H36N4O5Si/c1-25-23-26(15-14-22-31(39(41)42)34(40)43-5)33(32(24-25)38-36-29-20-12-13-21-30(29)37-38)44-45(35(2,3)4,27-16-8-6-9-17-27)28-18-10-7-11-19-28/h6-21,23-24,31H,22H2,1-5H3/b15-14+. The number of nitrogens with zero attached hydrogens (tertiary/aromatic N) is 4. The molecule has 0 aliphatic carbocycles. The van der Waals surface area contributed by atoms with Crippen molar-refractivity contribution in [2.24, 2.45) is 0 Å². The Labute approximate surface area is 263 Å². The van der Waals surface area contributed by atoms with Gasteiger partial charge < -0.3 is 9.16 Å². The second-order valence-electron chi connectivity index (χ2n) is 11.9. The van der Waals surface area contributed by atoms with Crippen molar-refractivity contribution in [3.8, 4) is 11.4 Å². The van der Waals surface area contributed by atoms with Crippen LogP contribution in [0.1, 0.15) is 38.3 Å². The van der Waals surface area contributed by atoms with Crippen LogP contribution in [0, 0.1) is 17.0 Å². The summed E-state index contributed by atoms with van der Waals surface area (Å²) in [5, 5.41) is 23.1. The van der Waals surface area contributed by atoms with E-state index < -0.39 is 25.3 Å². The smallest absolute Gasteiger partial charge is 0.381 e. The fourth-order valence-corrected chi connectivity index (χ4v) is 10.1. The Hall–Kier alpha value is -5.09. The highest BCUT2D eigenvalue weighted by Crippen LogP contribution is 2.41. The van der Waals surface area contributed by atoms with Gasteiger partial charge in [-0.05, 0) is 52.2 Å². The summed E-state index contributed by atoms with van der Waals surface area (Å²) in [6.45, 7) is 8.55. The summed E-state index contributed by atoms with van der Waals surface area (Å²) >= 11 is 0. The number of benzene rings is 4. The minimum atomic E-state index is -3.13. The van der Waals surface area contributed by atoms with Crippen molar-refractivity contribution in [3.63, 3.8) is 0 Å². The zero-order valence-corrected chi connectivity index (χ0v) is 27.0. The van der Waals surface area contributed by atoms with Crippen LogP contribution in [0.2, 0.25) is 5.04 Å². The molecule has 0 N–H and O–H groups in total. The van der Waals surface area contributed by atoms with Gasteiger partial charge in [0.2, 0.25) is 0 Å². The van der Waals surface area contributed by atoms with Crippen molar-refractivity contribution >= 4 is 41.8 Å². The van der Waals surface area contributed by atoms with Crippen molar-refractivity contribution in [1.29, 1.82) is 0 Å². The number of aromatic nitrogens is 3. The predicted molar refractivity (Wildman–Crippen MR) is 178 cm³/mol. The Morgan fingerprint density at radius 2 is 1.47 bits per heavy atom. The zero-order valence-electron chi connectivity index (χ0n) is 26.0. The van der Waals surface area contributed by atoms with Gasteiger partial charge in [-0.3, -0.25) is 10.1 Å². The van der Waals surface area contributed by atoms with Gasteiger partial charge in [-0.1, -0.05) is 106 Å². The molecule has 1 unspecified atom stereocenters. The van der Waals surface area contributed by atoms with Gasteiger partial charge >= 0.3 is 20.3 Å². The molecule has 9 nitrogen and oxygen atoms in total. The quantitative estimate of drug-likeness (QED) is 0.0829. The van der Waals surface area contributed by atoms with E-state index in [1.807, 2.05) is 79.7 Å². The maximum absolute atomic E-state index is 12.1. The molecule has 0 bridgehead atoms. The van der Waals surface area contributed by atoms with Gasteiger partial charge in [-0.15, -0.1) is 15.0 Å². The van der Waals surface area contributed by atoms with Crippen molar-refractivity contribution in [2.75, 3.05) is 7.11 Å². The normalized spacial score (nSPS) is 12.7. The molecule has 0 aliphatic rings. The molecule has 0 fully saturated rings. The molecule has 0 amide bonds. The molecule has 4 aromatic carbocycles. The number of ether oxygens (including phenoxy) is 1. The first kappa shape index (κ1) is 31.3. The van der Waals surface area contributed by atoms with Gasteiger partial charge in [0.25, 0.3) is 0 Å². The van der Waals surface area contributed by atoms with Gasteiger partial charge in [0, 0.05) is 16.9 Å². The van der Waals surface area contributed by atoms with E-state index >= 15 is 0 Å². The third-order valence-electron chi connectivity index (χ3n) is 7.80. The summed E-state index contributed by atoms with van der Waals surface area (Å²) in [4.78, 5) is 24.7. The van der Waals surface area contributed by atoms with Crippen molar-refractivity contribution in [1.82, 2.24) is 15.0 Å². The Morgan fingerprint density at radius 1 is 0.933 bits per heavy atom. The molecular weight excluding hydrogens is 584 g/mol. The Bertz CT molecular complexity index is 1780. The van der Waals surface area contributed by atoms with E-state index in [4.69, 9.17) is 14.6 Å². The van der Waals surface area contributed by atoms with E-state index in [-0.39, 0.29) is 11.5 Å². The van der Waals surface area contributed by atoms with Crippen LogP contribution < -0.4 is 14.8 Å². The van der Waals surface area contributed by atoms with Crippen LogP contribution in [0.15, 0.2) is 103 Å². The fraction of sp³-hybridized carbons (Fsp3) is 0.229. The first-order valence-electron chi connectivity index (χ1n) is 14.7. The molecule has 230 valence electrons. The van der Waals surface area contributed by atoms with Gasteiger partial charge in [-0.2, -0.15) is 0 Å². The van der Waals surface area contributed by atoms with Crippen molar-refractivity contribution < 1.29 is 18.9 Å². The van der Waals surface area contributed by atoms with Gasteiger partial charge in [0.15, 0.2) is 0 Å². The molecule has 0 spiro atoms. The molecule has 5 aromatic rings.